The summed E-state index contributed by atoms with van der Waals surface area (Å²) in [5, 5.41) is 0. The normalized spacial score (nSPS) is 15.6. The summed E-state index contributed by atoms with van der Waals surface area (Å²) < 4.78 is 68.0. The summed E-state index contributed by atoms with van der Waals surface area (Å²) in [4.78, 5) is 14.0. The number of hydrogen-bond acceptors (Lipinski definition) is 4. The average molecular weight is 414 g/mol. The van der Waals surface area contributed by atoms with Crippen LogP contribution in [0.15, 0.2) is 53.4 Å². The molecular formula is C18H17F3N2O4S. The van der Waals surface area contributed by atoms with E-state index in [1.807, 2.05) is 0 Å². The van der Waals surface area contributed by atoms with Gasteiger partial charge in [0.05, 0.1) is 4.90 Å². The van der Waals surface area contributed by atoms with Gasteiger partial charge in [0.25, 0.3) is 5.91 Å². The maximum absolute atomic E-state index is 13.0. The summed E-state index contributed by atoms with van der Waals surface area (Å²) in [6, 6.07) is 9.85. The van der Waals surface area contributed by atoms with Gasteiger partial charge >= 0.3 is 6.61 Å². The highest BCUT2D eigenvalue weighted by Crippen LogP contribution is 2.20. The Morgan fingerprint density at radius 1 is 0.929 bits per heavy atom. The maximum Gasteiger partial charge on any atom is 0.387 e. The summed E-state index contributed by atoms with van der Waals surface area (Å²) >= 11 is 0. The lowest BCUT2D eigenvalue weighted by molar-refractivity contribution is -0.0498. The first-order valence-corrected chi connectivity index (χ1v) is 9.81. The Morgan fingerprint density at radius 3 is 2.04 bits per heavy atom. The van der Waals surface area contributed by atoms with Crippen LogP contribution in [0.25, 0.3) is 0 Å². The van der Waals surface area contributed by atoms with Crippen LogP contribution in [0.2, 0.25) is 0 Å². The number of piperazine rings is 1. The van der Waals surface area contributed by atoms with Crippen molar-refractivity contribution in [1.82, 2.24) is 9.21 Å². The summed E-state index contributed by atoms with van der Waals surface area (Å²) in [7, 11) is -3.77. The molecule has 3 rings (SSSR count). The average Bonchev–Trinajstić information content (AvgIpc) is 2.68. The molecule has 1 aliphatic heterocycles. The molecule has 150 valence electrons. The highest BCUT2D eigenvalue weighted by Gasteiger charge is 2.30. The van der Waals surface area contributed by atoms with Gasteiger partial charge in [0, 0.05) is 31.7 Å². The number of benzene rings is 2. The lowest BCUT2D eigenvalue weighted by Crippen LogP contribution is -2.50. The second-order valence-electron chi connectivity index (χ2n) is 6.05. The quantitative estimate of drug-likeness (QED) is 0.754. The number of hydrogen-bond donors (Lipinski definition) is 0. The molecule has 1 heterocycles. The van der Waals surface area contributed by atoms with E-state index in [0.29, 0.717) is 0 Å². The molecule has 0 bridgehead atoms. The van der Waals surface area contributed by atoms with Crippen molar-refractivity contribution in [2.24, 2.45) is 0 Å². The van der Waals surface area contributed by atoms with Gasteiger partial charge in [-0.1, -0.05) is 0 Å². The van der Waals surface area contributed by atoms with Crippen molar-refractivity contribution < 1.29 is 31.1 Å². The molecule has 6 nitrogen and oxygen atoms in total. The molecule has 0 N–H and O–H groups in total. The molecule has 0 atom stereocenters. The summed E-state index contributed by atoms with van der Waals surface area (Å²) in [6.45, 7) is -2.41. The van der Waals surface area contributed by atoms with E-state index in [4.69, 9.17) is 0 Å². The molecule has 10 heteroatoms. The van der Waals surface area contributed by atoms with Crippen LogP contribution in [-0.2, 0) is 10.0 Å². The van der Waals surface area contributed by atoms with Crippen LogP contribution in [-0.4, -0.2) is 56.3 Å². The molecule has 0 unspecified atom stereocenters. The minimum atomic E-state index is -3.77. The SMILES string of the molecule is O=C(c1ccc(OC(F)F)cc1)N1CCN(S(=O)(=O)c2ccc(F)cc2)CC1. The zero-order valence-corrected chi connectivity index (χ0v) is 15.4. The number of halogens is 3. The molecule has 0 saturated carbocycles. The van der Waals surface area contributed by atoms with Crippen LogP contribution in [0.1, 0.15) is 10.4 Å². The fourth-order valence-corrected chi connectivity index (χ4v) is 4.27. The van der Waals surface area contributed by atoms with E-state index in [-0.39, 0.29) is 48.3 Å². The van der Waals surface area contributed by atoms with Crippen molar-refractivity contribution in [2.75, 3.05) is 26.2 Å². The third-order valence-corrected chi connectivity index (χ3v) is 6.22. The second-order valence-corrected chi connectivity index (χ2v) is 7.99. The van der Waals surface area contributed by atoms with Gasteiger partial charge in [-0.15, -0.1) is 0 Å². The molecule has 1 fully saturated rings. The number of carbonyl (C=O) groups excluding carboxylic acids is 1. The smallest absolute Gasteiger partial charge is 0.387 e. The van der Waals surface area contributed by atoms with E-state index in [9.17, 15) is 26.4 Å². The fourth-order valence-electron chi connectivity index (χ4n) is 2.85. The van der Waals surface area contributed by atoms with Crippen molar-refractivity contribution in [2.45, 2.75) is 11.5 Å². The van der Waals surface area contributed by atoms with Gasteiger partial charge in [-0.05, 0) is 48.5 Å². The molecule has 0 aliphatic carbocycles. The zero-order chi connectivity index (χ0) is 20.3. The van der Waals surface area contributed by atoms with E-state index in [2.05, 4.69) is 4.74 Å². The van der Waals surface area contributed by atoms with Crippen LogP contribution in [0.5, 0.6) is 5.75 Å². The lowest BCUT2D eigenvalue weighted by Gasteiger charge is -2.34. The Bertz CT molecular complexity index is 926. The number of alkyl halides is 2. The summed E-state index contributed by atoms with van der Waals surface area (Å²) in [5.41, 5.74) is 0.288. The summed E-state index contributed by atoms with van der Waals surface area (Å²) in [6.07, 6.45) is 0. The Balaban J connectivity index is 1.63. The van der Waals surface area contributed by atoms with Gasteiger partial charge < -0.3 is 9.64 Å². The molecule has 1 saturated heterocycles. The van der Waals surface area contributed by atoms with Gasteiger partial charge in [0.2, 0.25) is 10.0 Å². The number of sulfonamides is 1. The standard InChI is InChI=1S/C18H17F3N2O4S/c19-14-3-7-16(8-4-14)28(25,26)23-11-9-22(10-12-23)17(24)13-1-5-15(6-2-13)27-18(20)21/h1-8,18H,9-12H2. The monoisotopic (exact) mass is 414 g/mol. The first kappa shape index (κ1) is 20.2. The third-order valence-electron chi connectivity index (χ3n) is 4.30. The van der Waals surface area contributed by atoms with Gasteiger partial charge in [0.15, 0.2) is 0 Å². The van der Waals surface area contributed by atoms with Gasteiger partial charge in [-0.25, -0.2) is 12.8 Å². The van der Waals surface area contributed by atoms with Crippen molar-refractivity contribution >= 4 is 15.9 Å². The van der Waals surface area contributed by atoms with E-state index < -0.39 is 22.5 Å². The minimum Gasteiger partial charge on any atom is -0.435 e. The molecule has 1 amide bonds. The fraction of sp³-hybridized carbons (Fsp3) is 0.278. The molecule has 2 aromatic carbocycles. The predicted molar refractivity (Wildman–Crippen MR) is 94.1 cm³/mol. The number of ether oxygens (including phenoxy) is 1. The summed E-state index contributed by atoms with van der Waals surface area (Å²) in [5.74, 6) is -0.913. The number of rotatable bonds is 5. The maximum atomic E-state index is 13.0. The minimum absolute atomic E-state index is 0.0108. The van der Waals surface area contributed by atoms with Crippen molar-refractivity contribution in [3.05, 3.63) is 59.9 Å². The van der Waals surface area contributed by atoms with Crippen molar-refractivity contribution in [3.63, 3.8) is 0 Å². The van der Waals surface area contributed by atoms with Crippen molar-refractivity contribution in [3.8, 4) is 5.75 Å². The van der Waals surface area contributed by atoms with Crippen LogP contribution in [0.4, 0.5) is 13.2 Å². The van der Waals surface area contributed by atoms with Crippen LogP contribution < -0.4 is 4.74 Å². The molecular weight excluding hydrogens is 397 g/mol. The molecule has 0 aromatic heterocycles. The second kappa shape index (κ2) is 8.19. The highest BCUT2D eigenvalue weighted by molar-refractivity contribution is 7.89. The Kier molecular flexibility index (Phi) is 5.90. The number of nitrogens with zero attached hydrogens (tertiary/aromatic N) is 2. The largest absolute Gasteiger partial charge is 0.435 e. The van der Waals surface area contributed by atoms with E-state index in [1.54, 1.807) is 0 Å². The first-order valence-electron chi connectivity index (χ1n) is 8.37. The first-order chi connectivity index (χ1) is 13.3. The van der Waals surface area contributed by atoms with Crippen LogP contribution in [0.3, 0.4) is 0 Å². The molecule has 0 spiro atoms. The van der Waals surface area contributed by atoms with Crippen LogP contribution in [0, 0.1) is 5.82 Å². The van der Waals surface area contributed by atoms with E-state index in [1.165, 1.54) is 45.6 Å². The van der Waals surface area contributed by atoms with Gasteiger partial charge in [-0.3, -0.25) is 4.79 Å². The Hall–Kier alpha value is -2.59. The van der Waals surface area contributed by atoms with Gasteiger partial charge in [-0.2, -0.15) is 13.1 Å². The number of carbonyl (C=O) groups is 1. The number of amides is 1. The lowest BCUT2D eigenvalue weighted by atomic mass is 10.2. The molecule has 1 aliphatic rings. The third kappa shape index (κ3) is 4.45. The van der Waals surface area contributed by atoms with Gasteiger partial charge in [0.1, 0.15) is 11.6 Å². The highest BCUT2D eigenvalue weighted by atomic mass is 32.2. The Labute approximate surface area is 160 Å². The van der Waals surface area contributed by atoms with Crippen molar-refractivity contribution in [1.29, 1.82) is 0 Å². The zero-order valence-electron chi connectivity index (χ0n) is 14.6. The van der Waals surface area contributed by atoms with E-state index in [0.717, 1.165) is 12.1 Å². The molecule has 0 radical (unpaired) electrons. The Morgan fingerprint density at radius 2 is 1.50 bits per heavy atom. The molecule has 2 aromatic rings. The van der Waals surface area contributed by atoms with Crippen LogP contribution >= 0.6 is 0 Å². The molecule has 28 heavy (non-hydrogen) atoms. The predicted octanol–water partition coefficient (Wildman–Crippen LogP) is 2.57. The topological polar surface area (TPSA) is 66.9 Å². The van der Waals surface area contributed by atoms with E-state index >= 15 is 0 Å².